The lowest BCUT2D eigenvalue weighted by atomic mass is 9.87. The lowest BCUT2D eigenvalue weighted by Gasteiger charge is -2.26. The standard InChI is InChI=1S/C9H17N/c1-3-10-9-6-4-5-8(2)7-9/h3,8-10H,1,4-7H2,2H3. The van der Waals surface area contributed by atoms with Gasteiger partial charge < -0.3 is 5.32 Å². The molecule has 2 unspecified atom stereocenters. The highest BCUT2D eigenvalue weighted by atomic mass is 14.9. The van der Waals surface area contributed by atoms with Crippen molar-refractivity contribution in [2.45, 2.75) is 38.6 Å². The molecule has 1 fully saturated rings. The third kappa shape index (κ3) is 2.05. The maximum Gasteiger partial charge on any atom is 0.0258 e. The Morgan fingerprint density at radius 2 is 2.30 bits per heavy atom. The summed E-state index contributed by atoms with van der Waals surface area (Å²) in [6.45, 7) is 6.00. The van der Waals surface area contributed by atoms with Crippen LogP contribution in [0.1, 0.15) is 32.6 Å². The molecule has 0 heterocycles. The molecule has 0 saturated heterocycles. The third-order valence-corrected chi connectivity index (χ3v) is 2.29. The molecule has 0 aromatic carbocycles. The fourth-order valence-electron chi connectivity index (χ4n) is 1.75. The van der Waals surface area contributed by atoms with E-state index in [0.29, 0.717) is 6.04 Å². The lowest BCUT2D eigenvalue weighted by molar-refractivity contribution is 0.320. The fraction of sp³-hybridized carbons (Fsp3) is 0.778. The van der Waals surface area contributed by atoms with Gasteiger partial charge in [-0.05, 0) is 25.0 Å². The SMILES string of the molecule is C=CNC1CCCC(C)C1. The Morgan fingerprint density at radius 3 is 2.90 bits per heavy atom. The predicted octanol–water partition coefficient (Wildman–Crippen LogP) is 2.30. The van der Waals surface area contributed by atoms with E-state index in [1.165, 1.54) is 25.7 Å². The lowest BCUT2D eigenvalue weighted by Crippen LogP contribution is -2.29. The van der Waals surface area contributed by atoms with Crippen molar-refractivity contribution < 1.29 is 0 Å². The molecule has 0 amide bonds. The van der Waals surface area contributed by atoms with E-state index in [2.05, 4.69) is 18.8 Å². The van der Waals surface area contributed by atoms with E-state index in [9.17, 15) is 0 Å². The molecule has 0 aliphatic heterocycles. The van der Waals surface area contributed by atoms with Crippen LogP contribution in [-0.4, -0.2) is 6.04 Å². The van der Waals surface area contributed by atoms with Crippen LogP contribution in [0, 0.1) is 5.92 Å². The fourth-order valence-corrected chi connectivity index (χ4v) is 1.75. The third-order valence-electron chi connectivity index (χ3n) is 2.29. The van der Waals surface area contributed by atoms with Gasteiger partial charge in [0, 0.05) is 6.04 Å². The second-order valence-electron chi connectivity index (χ2n) is 3.34. The monoisotopic (exact) mass is 139 g/mol. The highest BCUT2D eigenvalue weighted by molar-refractivity contribution is 4.79. The van der Waals surface area contributed by atoms with Crippen molar-refractivity contribution in [2.24, 2.45) is 5.92 Å². The topological polar surface area (TPSA) is 12.0 Å². The summed E-state index contributed by atoms with van der Waals surface area (Å²) in [4.78, 5) is 0. The minimum atomic E-state index is 0.709. The first kappa shape index (κ1) is 7.64. The number of rotatable bonds is 2. The molecule has 0 radical (unpaired) electrons. The molecule has 1 rings (SSSR count). The summed E-state index contributed by atoms with van der Waals surface area (Å²) in [6.07, 6.45) is 7.27. The molecular formula is C9H17N. The second kappa shape index (κ2) is 3.65. The Labute approximate surface area is 63.5 Å². The van der Waals surface area contributed by atoms with Crippen LogP contribution < -0.4 is 5.32 Å². The average molecular weight is 139 g/mol. The van der Waals surface area contributed by atoms with Crippen LogP contribution in [0.25, 0.3) is 0 Å². The van der Waals surface area contributed by atoms with E-state index in [1.807, 2.05) is 6.20 Å². The molecule has 0 bridgehead atoms. The van der Waals surface area contributed by atoms with Crippen LogP contribution in [0.15, 0.2) is 12.8 Å². The zero-order valence-electron chi connectivity index (χ0n) is 6.77. The summed E-state index contributed by atoms with van der Waals surface area (Å²) >= 11 is 0. The van der Waals surface area contributed by atoms with Gasteiger partial charge in [-0.2, -0.15) is 0 Å². The van der Waals surface area contributed by atoms with Crippen molar-refractivity contribution in [3.05, 3.63) is 12.8 Å². The summed E-state index contributed by atoms with van der Waals surface area (Å²) in [5.74, 6) is 0.909. The largest absolute Gasteiger partial charge is 0.389 e. The number of hydrogen-bond acceptors (Lipinski definition) is 1. The van der Waals surface area contributed by atoms with Gasteiger partial charge in [0.2, 0.25) is 0 Å². The van der Waals surface area contributed by atoms with E-state index >= 15 is 0 Å². The zero-order valence-corrected chi connectivity index (χ0v) is 6.77. The molecule has 0 spiro atoms. The van der Waals surface area contributed by atoms with Gasteiger partial charge in [-0.3, -0.25) is 0 Å². The highest BCUT2D eigenvalue weighted by Gasteiger charge is 2.16. The molecular weight excluding hydrogens is 122 g/mol. The zero-order chi connectivity index (χ0) is 7.40. The van der Waals surface area contributed by atoms with Crippen molar-refractivity contribution in [3.8, 4) is 0 Å². The Bertz CT molecular complexity index is 109. The normalized spacial score (nSPS) is 33.3. The molecule has 2 atom stereocenters. The minimum absolute atomic E-state index is 0.709. The average Bonchev–Trinajstić information content (AvgIpc) is 1.88. The van der Waals surface area contributed by atoms with Crippen molar-refractivity contribution >= 4 is 0 Å². The van der Waals surface area contributed by atoms with E-state index in [-0.39, 0.29) is 0 Å². The van der Waals surface area contributed by atoms with Gasteiger partial charge in [0.05, 0.1) is 0 Å². The van der Waals surface area contributed by atoms with Crippen LogP contribution in [-0.2, 0) is 0 Å². The van der Waals surface area contributed by atoms with Gasteiger partial charge in [-0.15, -0.1) is 0 Å². The Hall–Kier alpha value is -0.460. The molecule has 1 N–H and O–H groups in total. The van der Waals surface area contributed by atoms with Crippen molar-refractivity contribution in [1.82, 2.24) is 5.32 Å². The molecule has 1 aliphatic rings. The maximum absolute atomic E-state index is 3.67. The molecule has 1 heteroatoms. The van der Waals surface area contributed by atoms with Gasteiger partial charge in [-0.25, -0.2) is 0 Å². The molecule has 1 aliphatic carbocycles. The summed E-state index contributed by atoms with van der Waals surface area (Å²) in [5.41, 5.74) is 0. The quantitative estimate of drug-likeness (QED) is 0.619. The van der Waals surface area contributed by atoms with Gasteiger partial charge >= 0.3 is 0 Å². The molecule has 0 aromatic heterocycles. The number of hydrogen-bond donors (Lipinski definition) is 1. The van der Waals surface area contributed by atoms with Crippen LogP contribution in [0.5, 0.6) is 0 Å². The van der Waals surface area contributed by atoms with Crippen LogP contribution in [0.4, 0.5) is 0 Å². The van der Waals surface area contributed by atoms with Gasteiger partial charge in [-0.1, -0.05) is 26.3 Å². The first-order chi connectivity index (χ1) is 4.83. The van der Waals surface area contributed by atoms with E-state index < -0.39 is 0 Å². The van der Waals surface area contributed by atoms with Gasteiger partial charge in [0.15, 0.2) is 0 Å². The minimum Gasteiger partial charge on any atom is -0.389 e. The Balaban J connectivity index is 2.24. The summed E-state index contributed by atoms with van der Waals surface area (Å²) < 4.78 is 0. The Morgan fingerprint density at radius 1 is 1.50 bits per heavy atom. The predicted molar refractivity (Wildman–Crippen MR) is 44.8 cm³/mol. The summed E-state index contributed by atoms with van der Waals surface area (Å²) in [7, 11) is 0. The van der Waals surface area contributed by atoms with Crippen LogP contribution in [0.3, 0.4) is 0 Å². The van der Waals surface area contributed by atoms with E-state index in [1.54, 1.807) is 0 Å². The summed E-state index contributed by atoms with van der Waals surface area (Å²) in [6, 6.07) is 0.709. The summed E-state index contributed by atoms with van der Waals surface area (Å²) in [5, 5.41) is 3.28. The Kier molecular flexibility index (Phi) is 2.79. The molecule has 1 nitrogen and oxygen atoms in total. The van der Waals surface area contributed by atoms with Crippen molar-refractivity contribution in [3.63, 3.8) is 0 Å². The van der Waals surface area contributed by atoms with Gasteiger partial charge in [0.1, 0.15) is 0 Å². The van der Waals surface area contributed by atoms with Crippen molar-refractivity contribution in [1.29, 1.82) is 0 Å². The molecule has 10 heavy (non-hydrogen) atoms. The smallest absolute Gasteiger partial charge is 0.0258 e. The molecule has 1 saturated carbocycles. The first-order valence-corrected chi connectivity index (χ1v) is 4.20. The van der Waals surface area contributed by atoms with E-state index in [4.69, 9.17) is 0 Å². The van der Waals surface area contributed by atoms with Crippen LogP contribution >= 0.6 is 0 Å². The second-order valence-corrected chi connectivity index (χ2v) is 3.34. The molecule has 0 aromatic rings. The maximum atomic E-state index is 3.67. The molecule has 58 valence electrons. The number of nitrogens with one attached hydrogen (secondary N) is 1. The highest BCUT2D eigenvalue weighted by Crippen LogP contribution is 2.23. The first-order valence-electron chi connectivity index (χ1n) is 4.20. The van der Waals surface area contributed by atoms with E-state index in [0.717, 1.165) is 5.92 Å². The van der Waals surface area contributed by atoms with Crippen LogP contribution in [0.2, 0.25) is 0 Å². The van der Waals surface area contributed by atoms with Gasteiger partial charge in [0.25, 0.3) is 0 Å². The van der Waals surface area contributed by atoms with Crippen molar-refractivity contribution in [2.75, 3.05) is 0 Å².